The molecule has 1 aromatic heterocycles. The summed E-state index contributed by atoms with van der Waals surface area (Å²) >= 11 is 12.2. The van der Waals surface area contributed by atoms with Crippen LogP contribution >= 0.6 is 23.2 Å². The van der Waals surface area contributed by atoms with E-state index >= 15 is 0 Å². The number of rotatable bonds is 7. The highest BCUT2D eigenvalue weighted by atomic mass is 35.5. The second-order valence-electron chi connectivity index (χ2n) is 6.32. The maximum absolute atomic E-state index is 12.7. The summed E-state index contributed by atoms with van der Waals surface area (Å²) < 4.78 is 11.3. The summed E-state index contributed by atoms with van der Waals surface area (Å²) in [5.74, 6) is 0.867. The standard InChI is InChI=1S/C20H19Cl2N3O3/c1-13(2)25(19(26)12-27-17-10-6-5-9-16(17)22)11-18-23-24-20(28-18)14-7-3-4-8-15(14)21/h3-10,13H,11-12H2,1-2H3. The highest BCUT2D eigenvalue weighted by Crippen LogP contribution is 2.27. The highest BCUT2D eigenvalue weighted by Gasteiger charge is 2.22. The molecule has 3 aromatic rings. The molecule has 6 nitrogen and oxygen atoms in total. The molecule has 0 saturated carbocycles. The van der Waals surface area contributed by atoms with Gasteiger partial charge < -0.3 is 14.1 Å². The lowest BCUT2D eigenvalue weighted by atomic mass is 10.2. The van der Waals surface area contributed by atoms with Gasteiger partial charge in [-0.15, -0.1) is 10.2 Å². The van der Waals surface area contributed by atoms with Crippen LogP contribution in [-0.4, -0.2) is 33.7 Å². The third-order valence-electron chi connectivity index (χ3n) is 4.01. The fourth-order valence-electron chi connectivity index (χ4n) is 2.55. The van der Waals surface area contributed by atoms with Crippen molar-refractivity contribution < 1.29 is 13.9 Å². The Labute approximate surface area is 173 Å². The number of nitrogens with zero attached hydrogens (tertiary/aromatic N) is 3. The zero-order valence-electron chi connectivity index (χ0n) is 15.4. The molecular formula is C20H19Cl2N3O3. The Morgan fingerprint density at radius 1 is 1.07 bits per heavy atom. The average Bonchev–Trinajstić information content (AvgIpc) is 3.14. The van der Waals surface area contributed by atoms with Crippen LogP contribution < -0.4 is 4.74 Å². The second kappa shape index (κ2) is 9.08. The zero-order chi connectivity index (χ0) is 20.1. The Balaban J connectivity index is 1.69. The number of hydrogen-bond donors (Lipinski definition) is 0. The maximum Gasteiger partial charge on any atom is 0.261 e. The van der Waals surface area contributed by atoms with E-state index in [-0.39, 0.29) is 25.1 Å². The SMILES string of the molecule is CC(C)N(Cc1nnc(-c2ccccc2Cl)o1)C(=O)COc1ccccc1Cl. The van der Waals surface area contributed by atoms with Crippen LogP contribution in [0.25, 0.3) is 11.5 Å². The molecule has 0 spiro atoms. The maximum atomic E-state index is 12.7. The molecule has 0 fully saturated rings. The molecule has 1 heterocycles. The van der Waals surface area contributed by atoms with Gasteiger partial charge in [-0.05, 0) is 38.1 Å². The minimum Gasteiger partial charge on any atom is -0.482 e. The van der Waals surface area contributed by atoms with Crippen LogP contribution in [0, 0.1) is 0 Å². The van der Waals surface area contributed by atoms with Crippen molar-refractivity contribution in [1.29, 1.82) is 0 Å². The topological polar surface area (TPSA) is 68.5 Å². The van der Waals surface area contributed by atoms with Crippen molar-refractivity contribution in [3.8, 4) is 17.2 Å². The van der Waals surface area contributed by atoms with Gasteiger partial charge in [0.1, 0.15) is 5.75 Å². The molecule has 28 heavy (non-hydrogen) atoms. The molecule has 2 aromatic carbocycles. The number of aromatic nitrogens is 2. The van der Waals surface area contributed by atoms with Crippen LogP contribution in [0.5, 0.6) is 5.75 Å². The van der Waals surface area contributed by atoms with E-state index in [1.54, 1.807) is 41.3 Å². The van der Waals surface area contributed by atoms with Crippen molar-refractivity contribution in [1.82, 2.24) is 15.1 Å². The summed E-state index contributed by atoms with van der Waals surface area (Å²) in [5, 5.41) is 9.04. The Bertz CT molecular complexity index is 959. The summed E-state index contributed by atoms with van der Waals surface area (Å²) in [7, 11) is 0. The lowest BCUT2D eigenvalue weighted by molar-refractivity contribution is -0.136. The summed E-state index contributed by atoms with van der Waals surface area (Å²) in [5.41, 5.74) is 0.646. The molecule has 0 saturated heterocycles. The molecular weight excluding hydrogens is 401 g/mol. The van der Waals surface area contributed by atoms with Gasteiger partial charge in [0.05, 0.1) is 22.2 Å². The Morgan fingerprint density at radius 3 is 2.43 bits per heavy atom. The highest BCUT2D eigenvalue weighted by molar-refractivity contribution is 6.33. The molecule has 0 bridgehead atoms. The number of hydrogen-bond acceptors (Lipinski definition) is 5. The molecule has 3 rings (SSSR count). The first-order chi connectivity index (χ1) is 13.5. The van der Waals surface area contributed by atoms with E-state index in [0.29, 0.717) is 33.1 Å². The normalized spacial score (nSPS) is 10.9. The predicted molar refractivity (Wildman–Crippen MR) is 107 cm³/mol. The van der Waals surface area contributed by atoms with Crippen molar-refractivity contribution in [2.24, 2.45) is 0 Å². The Hall–Kier alpha value is -2.57. The fraction of sp³-hybridized carbons (Fsp3) is 0.250. The van der Waals surface area contributed by atoms with Gasteiger partial charge in [0.2, 0.25) is 11.8 Å². The van der Waals surface area contributed by atoms with Gasteiger partial charge >= 0.3 is 0 Å². The van der Waals surface area contributed by atoms with Crippen molar-refractivity contribution >= 4 is 29.1 Å². The van der Waals surface area contributed by atoms with E-state index in [2.05, 4.69) is 10.2 Å². The summed E-state index contributed by atoms with van der Waals surface area (Å²) in [6.45, 7) is 3.82. The van der Waals surface area contributed by atoms with Gasteiger partial charge in [-0.1, -0.05) is 47.5 Å². The number of para-hydroxylation sites is 1. The van der Waals surface area contributed by atoms with Crippen molar-refractivity contribution in [2.75, 3.05) is 6.61 Å². The van der Waals surface area contributed by atoms with Crippen LogP contribution in [0.4, 0.5) is 0 Å². The average molecular weight is 420 g/mol. The van der Waals surface area contributed by atoms with E-state index in [1.165, 1.54) is 0 Å². The van der Waals surface area contributed by atoms with Gasteiger partial charge in [0, 0.05) is 6.04 Å². The summed E-state index contributed by atoms with van der Waals surface area (Å²) in [6, 6.07) is 14.1. The molecule has 1 amide bonds. The first-order valence-corrected chi connectivity index (χ1v) is 9.45. The molecule has 0 aliphatic carbocycles. The molecule has 0 radical (unpaired) electrons. The van der Waals surface area contributed by atoms with Gasteiger partial charge in [-0.2, -0.15) is 0 Å². The summed E-state index contributed by atoms with van der Waals surface area (Å²) in [6.07, 6.45) is 0. The van der Waals surface area contributed by atoms with Gasteiger partial charge in [0.25, 0.3) is 5.91 Å². The van der Waals surface area contributed by atoms with E-state index < -0.39 is 0 Å². The van der Waals surface area contributed by atoms with Crippen molar-refractivity contribution in [2.45, 2.75) is 26.4 Å². The number of amides is 1. The Kier molecular flexibility index (Phi) is 6.54. The monoisotopic (exact) mass is 419 g/mol. The minimum absolute atomic E-state index is 0.0852. The van der Waals surface area contributed by atoms with Gasteiger partial charge in [-0.25, -0.2) is 0 Å². The molecule has 8 heteroatoms. The number of ether oxygens (including phenoxy) is 1. The van der Waals surface area contributed by atoms with Gasteiger partial charge in [0.15, 0.2) is 6.61 Å². The van der Waals surface area contributed by atoms with Crippen LogP contribution in [0.3, 0.4) is 0 Å². The third kappa shape index (κ3) is 4.82. The van der Waals surface area contributed by atoms with E-state index in [4.69, 9.17) is 32.4 Å². The number of benzene rings is 2. The van der Waals surface area contributed by atoms with Gasteiger partial charge in [-0.3, -0.25) is 4.79 Å². The minimum atomic E-state index is -0.215. The number of halogens is 2. The Morgan fingerprint density at radius 2 is 1.75 bits per heavy atom. The predicted octanol–water partition coefficient (Wildman–Crippen LogP) is 4.86. The molecule has 0 aliphatic heterocycles. The quantitative estimate of drug-likeness (QED) is 0.546. The van der Waals surface area contributed by atoms with Crippen LogP contribution in [-0.2, 0) is 11.3 Å². The fourth-order valence-corrected chi connectivity index (χ4v) is 2.96. The second-order valence-corrected chi connectivity index (χ2v) is 7.13. The smallest absolute Gasteiger partial charge is 0.261 e. The lowest BCUT2D eigenvalue weighted by Crippen LogP contribution is -2.39. The zero-order valence-corrected chi connectivity index (χ0v) is 16.9. The number of carbonyl (C=O) groups excluding carboxylic acids is 1. The molecule has 146 valence electrons. The van der Waals surface area contributed by atoms with Crippen molar-refractivity contribution in [3.05, 3.63) is 64.5 Å². The van der Waals surface area contributed by atoms with Crippen LogP contribution in [0.1, 0.15) is 19.7 Å². The van der Waals surface area contributed by atoms with Crippen molar-refractivity contribution in [3.63, 3.8) is 0 Å². The number of carbonyl (C=O) groups is 1. The molecule has 0 aliphatic rings. The van der Waals surface area contributed by atoms with E-state index in [1.807, 2.05) is 26.0 Å². The van der Waals surface area contributed by atoms with Crippen LogP contribution in [0.15, 0.2) is 52.9 Å². The molecule has 0 N–H and O–H groups in total. The summed E-state index contributed by atoms with van der Waals surface area (Å²) in [4.78, 5) is 14.2. The molecule has 0 atom stereocenters. The van der Waals surface area contributed by atoms with E-state index in [9.17, 15) is 4.79 Å². The molecule has 0 unspecified atom stereocenters. The third-order valence-corrected chi connectivity index (χ3v) is 4.65. The lowest BCUT2D eigenvalue weighted by Gasteiger charge is -2.25. The largest absolute Gasteiger partial charge is 0.482 e. The first-order valence-electron chi connectivity index (χ1n) is 8.69. The van der Waals surface area contributed by atoms with Crippen LogP contribution in [0.2, 0.25) is 10.0 Å². The first kappa shape index (κ1) is 20.2. The van der Waals surface area contributed by atoms with E-state index in [0.717, 1.165) is 0 Å².